The Labute approximate surface area is 118 Å². The molecule has 1 rings (SSSR count). The normalized spacial score (nSPS) is 15.4. The molecule has 19 heavy (non-hydrogen) atoms. The van der Waals surface area contributed by atoms with Gasteiger partial charge < -0.3 is 19.3 Å². The van der Waals surface area contributed by atoms with Crippen molar-refractivity contribution in [1.29, 1.82) is 0 Å². The number of hydrogen-bond acceptors (Lipinski definition) is 4. The second-order valence-electron chi connectivity index (χ2n) is 4.25. The van der Waals surface area contributed by atoms with Gasteiger partial charge in [-0.25, -0.2) is 0 Å². The SMILES string of the molecule is CCOC([SiH3])(OCC)C(O)(OCC)c1ccccc1. The lowest BCUT2D eigenvalue weighted by molar-refractivity contribution is -0.367. The fraction of sp³-hybridized carbons (Fsp3) is 0.571. The van der Waals surface area contributed by atoms with E-state index < -0.39 is 11.2 Å². The summed E-state index contributed by atoms with van der Waals surface area (Å²) in [6.45, 7) is 6.87. The Balaban J connectivity index is 3.22. The summed E-state index contributed by atoms with van der Waals surface area (Å²) in [6.07, 6.45) is 0. The van der Waals surface area contributed by atoms with Gasteiger partial charge in [0, 0.05) is 25.4 Å². The van der Waals surface area contributed by atoms with Crippen LogP contribution >= 0.6 is 0 Å². The summed E-state index contributed by atoms with van der Waals surface area (Å²) in [5, 5.41) is 11.0. The summed E-state index contributed by atoms with van der Waals surface area (Å²) >= 11 is 0. The highest BCUT2D eigenvalue weighted by Gasteiger charge is 2.51. The van der Waals surface area contributed by atoms with Crippen LogP contribution in [-0.2, 0) is 20.0 Å². The molecule has 1 unspecified atom stereocenters. The number of rotatable bonds is 8. The van der Waals surface area contributed by atoms with Crippen molar-refractivity contribution in [3.63, 3.8) is 0 Å². The summed E-state index contributed by atoms with van der Waals surface area (Å²) in [5.74, 6) is -1.58. The van der Waals surface area contributed by atoms with E-state index >= 15 is 0 Å². The molecule has 5 heteroatoms. The largest absolute Gasteiger partial charge is 0.358 e. The first-order chi connectivity index (χ1) is 9.04. The zero-order valence-electron chi connectivity index (χ0n) is 12.2. The Kier molecular flexibility index (Phi) is 6.16. The summed E-state index contributed by atoms with van der Waals surface area (Å²) in [6, 6.07) is 9.26. The maximum Gasteiger partial charge on any atom is 0.243 e. The Bertz CT molecular complexity index is 365. The molecule has 0 saturated heterocycles. The Morgan fingerprint density at radius 2 is 1.42 bits per heavy atom. The monoisotopic (exact) mass is 284 g/mol. The van der Waals surface area contributed by atoms with Crippen molar-refractivity contribution >= 4 is 10.2 Å². The average Bonchev–Trinajstić information content (AvgIpc) is 2.40. The van der Waals surface area contributed by atoms with Gasteiger partial charge >= 0.3 is 0 Å². The van der Waals surface area contributed by atoms with Gasteiger partial charge in [-0.2, -0.15) is 0 Å². The minimum absolute atomic E-state index is 0.371. The van der Waals surface area contributed by atoms with E-state index in [9.17, 15) is 5.11 Å². The van der Waals surface area contributed by atoms with Crippen LogP contribution in [0, 0.1) is 0 Å². The molecule has 0 heterocycles. The van der Waals surface area contributed by atoms with E-state index in [1.165, 1.54) is 0 Å². The van der Waals surface area contributed by atoms with E-state index in [-0.39, 0.29) is 0 Å². The fourth-order valence-corrected chi connectivity index (χ4v) is 3.15. The highest BCUT2D eigenvalue weighted by Crippen LogP contribution is 2.36. The van der Waals surface area contributed by atoms with Gasteiger partial charge in [0.2, 0.25) is 5.79 Å². The van der Waals surface area contributed by atoms with Crippen LogP contribution in [-0.4, -0.2) is 40.6 Å². The molecule has 0 radical (unpaired) electrons. The lowest BCUT2D eigenvalue weighted by Gasteiger charge is -2.43. The van der Waals surface area contributed by atoms with Crippen LogP contribution in [0.4, 0.5) is 0 Å². The first-order valence-corrected chi connectivity index (χ1v) is 7.73. The van der Waals surface area contributed by atoms with Crippen LogP contribution in [0.5, 0.6) is 0 Å². The molecule has 0 aliphatic rings. The van der Waals surface area contributed by atoms with Gasteiger partial charge in [0.25, 0.3) is 0 Å². The molecule has 1 N–H and O–H groups in total. The Morgan fingerprint density at radius 3 is 1.84 bits per heavy atom. The summed E-state index contributed by atoms with van der Waals surface area (Å²) in [4.78, 5) is 0. The minimum atomic E-state index is -1.58. The van der Waals surface area contributed by atoms with Crippen LogP contribution in [0.1, 0.15) is 26.3 Å². The van der Waals surface area contributed by atoms with Gasteiger partial charge in [0.1, 0.15) is 0 Å². The van der Waals surface area contributed by atoms with Crippen LogP contribution < -0.4 is 0 Å². The van der Waals surface area contributed by atoms with Gasteiger partial charge in [-0.05, 0) is 20.8 Å². The van der Waals surface area contributed by atoms with E-state index in [1.54, 1.807) is 0 Å². The number of benzene rings is 1. The van der Waals surface area contributed by atoms with E-state index in [1.807, 2.05) is 51.1 Å². The van der Waals surface area contributed by atoms with Crippen molar-refractivity contribution in [3.05, 3.63) is 35.9 Å². The molecule has 1 atom stereocenters. The van der Waals surface area contributed by atoms with Gasteiger partial charge in [0.15, 0.2) is 5.41 Å². The minimum Gasteiger partial charge on any atom is -0.358 e. The second-order valence-corrected chi connectivity index (χ2v) is 5.57. The third-order valence-corrected chi connectivity index (χ3v) is 4.23. The quantitative estimate of drug-likeness (QED) is 0.570. The van der Waals surface area contributed by atoms with E-state index in [0.29, 0.717) is 35.6 Å². The topological polar surface area (TPSA) is 47.9 Å². The number of ether oxygens (including phenoxy) is 3. The zero-order chi connectivity index (χ0) is 14.4. The van der Waals surface area contributed by atoms with Crippen molar-refractivity contribution in [2.24, 2.45) is 0 Å². The molecule has 0 saturated carbocycles. The molecule has 1 aromatic rings. The van der Waals surface area contributed by atoms with Crippen molar-refractivity contribution in [3.8, 4) is 0 Å². The maximum absolute atomic E-state index is 11.0. The fourth-order valence-electron chi connectivity index (χ4n) is 2.14. The van der Waals surface area contributed by atoms with Crippen molar-refractivity contribution in [2.45, 2.75) is 32.0 Å². The molecule has 0 aliphatic carbocycles. The maximum atomic E-state index is 11.0. The van der Waals surface area contributed by atoms with Gasteiger partial charge in [0.05, 0.1) is 10.2 Å². The predicted octanol–water partition coefficient (Wildman–Crippen LogP) is 0.960. The van der Waals surface area contributed by atoms with Crippen LogP contribution in [0.2, 0.25) is 0 Å². The number of aliphatic hydroxyl groups is 1. The van der Waals surface area contributed by atoms with Crippen LogP contribution in [0.3, 0.4) is 0 Å². The zero-order valence-corrected chi connectivity index (χ0v) is 14.2. The predicted molar refractivity (Wildman–Crippen MR) is 77.9 cm³/mol. The van der Waals surface area contributed by atoms with Crippen LogP contribution in [0.15, 0.2) is 30.3 Å². The summed E-state index contributed by atoms with van der Waals surface area (Å²) in [7, 11) is 0.475. The molecule has 0 bridgehead atoms. The molecular weight excluding hydrogens is 260 g/mol. The first-order valence-electron chi connectivity index (χ1n) is 6.73. The molecule has 0 fully saturated rings. The van der Waals surface area contributed by atoms with Gasteiger partial charge in [-0.1, -0.05) is 30.3 Å². The molecule has 0 amide bonds. The van der Waals surface area contributed by atoms with E-state index in [4.69, 9.17) is 14.2 Å². The average molecular weight is 284 g/mol. The molecule has 0 spiro atoms. The van der Waals surface area contributed by atoms with Gasteiger partial charge in [-0.3, -0.25) is 0 Å². The highest BCUT2D eigenvalue weighted by atomic mass is 28.1. The van der Waals surface area contributed by atoms with Crippen molar-refractivity contribution in [1.82, 2.24) is 0 Å². The standard InChI is InChI=1S/C14H24O4Si/c1-4-16-13(15,12-10-8-7-9-11-12)14(19,17-5-2)18-6-3/h7-11,15H,4-6H2,1-3,19H3. The lowest BCUT2D eigenvalue weighted by atomic mass is 10.0. The molecule has 1 aromatic carbocycles. The van der Waals surface area contributed by atoms with E-state index in [2.05, 4.69) is 0 Å². The third-order valence-electron chi connectivity index (χ3n) is 2.97. The summed E-state index contributed by atoms with van der Waals surface area (Å²) < 4.78 is 17.0. The second kappa shape index (κ2) is 7.16. The lowest BCUT2D eigenvalue weighted by Crippen LogP contribution is -2.58. The summed E-state index contributed by atoms with van der Waals surface area (Å²) in [5.41, 5.74) is -0.470. The molecular formula is C14H24O4Si. The van der Waals surface area contributed by atoms with Crippen molar-refractivity contribution in [2.75, 3.05) is 19.8 Å². The first kappa shape index (κ1) is 16.3. The van der Waals surface area contributed by atoms with E-state index in [0.717, 1.165) is 0 Å². The highest BCUT2D eigenvalue weighted by molar-refractivity contribution is 6.14. The van der Waals surface area contributed by atoms with Crippen LogP contribution in [0.25, 0.3) is 0 Å². The molecule has 0 aliphatic heterocycles. The Morgan fingerprint density at radius 1 is 0.947 bits per heavy atom. The number of hydrogen-bond donors (Lipinski definition) is 1. The Hall–Kier alpha value is -0.723. The third kappa shape index (κ3) is 3.43. The molecule has 108 valence electrons. The van der Waals surface area contributed by atoms with Gasteiger partial charge in [-0.15, -0.1) is 0 Å². The molecule has 0 aromatic heterocycles. The van der Waals surface area contributed by atoms with Crippen molar-refractivity contribution < 1.29 is 19.3 Å². The smallest absolute Gasteiger partial charge is 0.243 e. The molecule has 4 nitrogen and oxygen atoms in total.